The topological polar surface area (TPSA) is 26.3 Å². The molecular weight excluding hydrogens is 351 g/mol. The third-order valence-electron chi connectivity index (χ3n) is 2.56. The maximum absolute atomic E-state index is 10.8. The smallest absolute Gasteiger partial charge is 0.231 e. The molecule has 2 rings (SSSR count). The van der Waals surface area contributed by atoms with Gasteiger partial charge in [-0.05, 0) is 29.8 Å². The van der Waals surface area contributed by atoms with Crippen molar-refractivity contribution in [1.82, 2.24) is 0 Å². The first-order valence-electron chi connectivity index (χ1n) is 6.03. The summed E-state index contributed by atoms with van der Waals surface area (Å²) in [5, 5.41) is 0.560. The van der Waals surface area contributed by atoms with Gasteiger partial charge in [-0.1, -0.05) is 41.4 Å². The van der Waals surface area contributed by atoms with Crippen molar-refractivity contribution < 1.29 is 9.53 Å². The quantitative estimate of drug-likeness (QED) is 0.610. The molecule has 0 amide bonds. The van der Waals surface area contributed by atoms with Gasteiger partial charge in [-0.25, -0.2) is 0 Å². The van der Waals surface area contributed by atoms with Crippen molar-refractivity contribution in [2.75, 3.05) is 5.75 Å². The maximum atomic E-state index is 10.8. The Balaban J connectivity index is 2.12. The van der Waals surface area contributed by atoms with E-state index < -0.39 is 0 Å². The number of hydrogen-bond donors (Lipinski definition) is 0. The molecule has 0 aliphatic heterocycles. The van der Waals surface area contributed by atoms with E-state index >= 15 is 0 Å². The molecule has 0 aliphatic rings. The molecule has 0 radical (unpaired) electrons. The van der Waals surface area contributed by atoms with Crippen molar-refractivity contribution in [1.29, 1.82) is 0 Å². The van der Waals surface area contributed by atoms with Gasteiger partial charge in [-0.2, -0.15) is 0 Å². The Hall–Kier alpha value is -0.870. The first kappa shape index (κ1) is 16.5. The summed E-state index contributed by atoms with van der Waals surface area (Å²) in [6.45, 7) is 0. The van der Waals surface area contributed by atoms with Gasteiger partial charge in [0.1, 0.15) is 11.5 Å². The summed E-state index contributed by atoms with van der Waals surface area (Å²) in [5.74, 6) is 2.22. The molecule has 0 aromatic heterocycles. The Labute approximate surface area is 142 Å². The standard InChI is InChI=1S/C15H11Cl3O2S/c16-12-6-5-11(7-13(12)17)20-14-4-2-1-3-10(14)8-21-9-15(18)19/h1-7H,8-9H2. The minimum Gasteiger partial charge on any atom is -0.457 e. The highest BCUT2D eigenvalue weighted by molar-refractivity contribution is 7.99. The van der Waals surface area contributed by atoms with Crippen molar-refractivity contribution in [2.45, 2.75) is 5.75 Å². The molecule has 2 aromatic rings. The Morgan fingerprint density at radius 1 is 1.10 bits per heavy atom. The van der Waals surface area contributed by atoms with Crippen LogP contribution in [0.25, 0.3) is 0 Å². The molecule has 0 spiro atoms. The van der Waals surface area contributed by atoms with E-state index in [2.05, 4.69) is 0 Å². The Bertz CT molecular complexity index is 647. The van der Waals surface area contributed by atoms with E-state index in [0.717, 1.165) is 5.56 Å². The number of hydrogen-bond acceptors (Lipinski definition) is 3. The van der Waals surface area contributed by atoms with Gasteiger partial charge >= 0.3 is 0 Å². The first-order valence-corrected chi connectivity index (χ1v) is 8.32. The predicted octanol–water partition coefficient (Wildman–Crippen LogP) is 5.78. The number of para-hydroxylation sites is 1. The van der Waals surface area contributed by atoms with Gasteiger partial charge in [0.25, 0.3) is 0 Å². The second-order valence-corrected chi connectivity index (χ2v) is 6.36. The summed E-state index contributed by atoms with van der Waals surface area (Å²) in [5.41, 5.74) is 0.978. The summed E-state index contributed by atoms with van der Waals surface area (Å²) in [6, 6.07) is 12.7. The lowest BCUT2D eigenvalue weighted by Crippen LogP contribution is -1.94. The van der Waals surface area contributed by atoms with Gasteiger partial charge in [-0.15, -0.1) is 11.8 Å². The largest absolute Gasteiger partial charge is 0.457 e. The zero-order valence-corrected chi connectivity index (χ0v) is 13.9. The normalized spacial score (nSPS) is 10.4. The fourth-order valence-electron chi connectivity index (χ4n) is 1.63. The molecule has 0 N–H and O–H groups in total. The number of ether oxygens (including phenoxy) is 1. The van der Waals surface area contributed by atoms with Crippen molar-refractivity contribution >= 4 is 51.8 Å². The molecule has 0 saturated carbocycles. The van der Waals surface area contributed by atoms with Gasteiger partial charge in [0, 0.05) is 17.4 Å². The van der Waals surface area contributed by atoms with Crippen LogP contribution in [0.3, 0.4) is 0 Å². The van der Waals surface area contributed by atoms with Crippen LogP contribution >= 0.6 is 46.6 Å². The van der Waals surface area contributed by atoms with Gasteiger partial charge in [-0.3, -0.25) is 4.79 Å². The molecular formula is C15H11Cl3O2S. The first-order chi connectivity index (χ1) is 10.1. The van der Waals surface area contributed by atoms with E-state index in [4.69, 9.17) is 39.5 Å². The predicted molar refractivity (Wildman–Crippen MR) is 90.0 cm³/mol. The molecule has 0 aliphatic carbocycles. The summed E-state index contributed by atoms with van der Waals surface area (Å²) < 4.78 is 5.83. The Kier molecular flexibility index (Phi) is 6.24. The Morgan fingerprint density at radius 2 is 1.86 bits per heavy atom. The number of halogens is 3. The maximum Gasteiger partial charge on any atom is 0.231 e. The van der Waals surface area contributed by atoms with E-state index in [9.17, 15) is 4.79 Å². The minimum absolute atomic E-state index is 0.267. The van der Waals surface area contributed by atoms with Crippen LogP contribution in [0.4, 0.5) is 0 Å². The second kappa shape index (κ2) is 7.95. The third-order valence-corrected chi connectivity index (χ3v) is 4.58. The summed E-state index contributed by atoms with van der Waals surface area (Å²) in [7, 11) is 0. The molecule has 2 nitrogen and oxygen atoms in total. The van der Waals surface area contributed by atoms with Crippen LogP contribution in [-0.2, 0) is 10.5 Å². The highest BCUT2D eigenvalue weighted by atomic mass is 35.5. The molecule has 0 saturated heterocycles. The van der Waals surface area contributed by atoms with Crippen molar-refractivity contribution in [3.8, 4) is 11.5 Å². The van der Waals surface area contributed by atoms with Gasteiger partial charge < -0.3 is 4.74 Å². The number of benzene rings is 2. The molecule has 0 fully saturated rings. The zero-order chi connectivity index (χ0) is 15.2. The molecule has 2 aromatic carbocycles. The number of carbonyl (C=O) groups excluding carboxylic acids is 1. The van der Waals surface area contributed by atoms with Gasteiger partial charge in [0.2, 0.25) is 5.24 Å². The summed E-state index contributed by atoms with van der Waals surface area (Å²) in [4.78, 5) is 10.8. The van der Waals surface area contributed by atoms with Crippen molar-refractivity contribution in [3.63, 3.8) is 0 Å². The van der Waals surface area contributed by atoms with Gasteiger partial charge in [0.05, 0.1) is 15.8 Å². The van der Waals surface area contributed by atoms with Crippen LogP contribution in [-0.4, -0.2) is 11.0 Å². The van der Waals surface area contributed by atoms with Crippen LogP contribution in [0, 0.1) is 0 Å². The molecule has 0 unspecified atom stereocenters. The van der Waals surface area contributed by atoms with Crippen LogP contribution in [0.15, 0.2) is 42.5 Å². The monoisotopic (exact) mass is 360 g/mol. The lowest BCUT2D eigenvalue weighted by Gasteiger charge is -2.11. The Morgan fingerprint density at radius 3 is 2.57 bits per heavy atom. The molecule has 0 bridgehead atoms. The highest BCUT2D eigenvalue weighted by Crippen LogP contribution is 2.32. The van der Waals surface area contributed by atoms with Crippen molar-refractivity contribution in [3.05, 3.63) is 58.1 Å². The number of rotatable bonds is 6. The average Bonchev–Trinajstić information content (AvgIpc) is 2.44. The van der Waals surface area contributed by atoms with E-state index in [1.54, 1.807) is 18.2 Å². The van der Waals surface area contributed by atoms with E-state index in [0.29, 0.717) is 27.3 Å². The van der Waals surface area contributed by atoms with Crippen LogP contribution in [0.2, 0.25) is 10.0 Å². The zero-order valence-electron chi connectivity index (χ0n) is 10.8. The SMILES string of the molecule is O=C(Cl)CSCc1ccccc1Oc1ccc(Cl)c(Cl)c1. The van der Waals surface area contributed by atoms with Crippen LogP contribution in [0.1, 0.15) is 5.56 Å². The summed E-state index contributed by atoms with van der Waals surface area (Å²) >= 11 is 18.6. The van der Waals surface area contributed by atoms with Gasteiger partial charge in [0.15, 0.2) is 0 Å². The van der Waals surface area contributed by atoms with E-state index in [-0.39, 0.29) is 11.0 Å². The minimum atomic E-state index is -0.358. The van der Waals surface area contributed by atoms with Crippen molar-refractivity contribution in [2.24, 2.45) is 0 Å². The molecule has 110 valence electrons. The van der Waals surface area contributed by atoms with E-state index in [1.165, 1.54) is 11.8 Å². The molecule has 0 heterocycles. The fraction of sp³-hybridized carbons (Fsp3) is 0.133. The number of thioether (sulfide) groups is 1. The van der Waals surface area contributed by atoms with Crippen LogP contribution < -0.4 is 4.74 Å². The summed E-state index contributed by atoms with van der Waals surface area (Å²) in [6.07, 6.45) is 0. The molecule has 6 heteroatoms. The second-order valence-electron chi connectivity index (χ2n) is 4.13. The molecule has 21 heavy (non-hydrogen) atoms. The highest BCUT2D eigenvalue weighted by Gasteiger charge is 2.07. The lowest BCUT2D eigenvalue weighted by molar-refractivity contribution is -0.109. The lowest BCUT2D eigenvalue weighted by atomic mass is 10.2. The van der Waals surface area contributed by atoms with Crippen LogP contribution in [0.5, 0.6) is 11.5 Å². The third kappa shape index (κ3) is 5.11. The fourth-order valence-corrected chi connectivity index (χ4v) is 2.87. The van der Waals surface area contributed by atoms with E-state index in [1.807, 2.05) is 24.3 Å². The number of carbonyl (C=O) groups is 1. The molecule has 0 atom stereocenters. The average molecular weight is 362 g/mol.